The van der Waals surface area contributed by atoms with Crippen molar-refractivity contribution in [2.24, 2.45) is 5.10 Å². The molecule has 1 N–H and O–H groups in total. The molecule has 0 bridgehead atoms. The molecular weight excluding hydrogens is 335 g/mol. The summed E-state index contributed by atoms with van der Waals surface area (Å²) < 4.78 is 5.49. The number of benzene rings is 2. The van der Waals surface area contributed by atoms with Crippen LogP contribution in [0.15, 0.2) is 41.5 Å². The van der Waals surface area contributed by atoms with E-state index < -0.39 is 0 Å². The van der Waals surface area contributed by atoms with Crippen LogP contribution in [0.5, 0.6) is 5.75 Å². The molecule has 4 nitrogen and oxygen atoms in total. The van der Waals surface area contributed by atoms with E-state index in [0.29, 0.717) is 21.4 Å². The molecule has 120 valence electrons. The van der Waals surface area contributed by atoms with Gasteiger partial charge in [0.25, 0.3) is 5.91 Å². The Bertz CT molecular complexity index is 745. The van der Waals surface area contributed by atoms with Crippen LogP contribution < -0.4 is 10.2 Å². The first-order valence-corrected chi connectivity index (χ1v) is 7.69. The minimum Gasteiger partial charge on any atom is -0.483 e. The van der Waals surface area contributed by atoms with Gasteiger partial charge in [-0.2, -0.15) is 5.10 Å². The molecule has 2 aromatic rings. The Morgan fingerprint density at radius 1 is 1.26 bits per heavy atom. The van der Waals surface area contributed by atoms with Crippen LogP contribution in [0.1, 0.15) is 16.7 Å². The highest BCUT2D eigenvalue weighted by molar-refractivity contribution is 6.43. The van der Waals surface area contributed by atoms with Crippen molar-refractivity contribution >= 4 is 35.3 Å². The topological polar surface area (TPSA) is 50.7 Å². The van der Waals surface area contributed by atoms with Gasteiger partial charge in [0.2, 0.25) is 0 Å². The predicted octanol–water partition coefficient (Wildman–Crippen LogP) is 4.14. The van der Waals surface area contributed by atoms with Crippen LogP contribution in [0, 0.1) is 13.8 Å². The Kier molecular flexibility index (Phi) is 6.02. The van der Waals surface area contributed by atoms with Gasteiger partial charge in [0, 0.05) is 5.56 Å². The lowest BCUT2D eigenvalue weighted by molar-refractivity contribution is -0.123. The number of nitrogens with zero attached hydrogens (tertiary/aromatic N) is 1. The van der Waals surface area contributed by atoms with E-state index >= 15 is 0 Å². The van der Waals surface area contributed by atoms with Gasteiger partial charge in [-0.1, -0.05) is 47.5 Å². The fraction of sp³-hybridized carbons (Fsp3) is 0.176. The van der Waals surface area contributed by atoms with E-state index in [0.717, 1.165) is 11.1 Å². The number of hydrogen-bond donors (Lipinski definition) is 1. The highest BCUT2D eigenvalue weighted by atomic mass is 35.5. The number of aryl methyl sites for hydroxylation is 2. The number of halogens is 2. The van der Waals surface area contributed by atoms with Gasteiger partial charge in [-0.25, -0.2) is 5.43 Å². The van der Waals surface area contributed by atoms with Crippen LogP contribution in [-0.4, -0.2) is 18.7 Å². The van der Waals surface area contributed by atoms with Crippen molar-refractivity contribution in [3.05, 3.63) is 63.1 Å². The number of ether oxygens (including phenoxy) is 1. The molecule has 0 aliphatic rings. The van der Waals surface area contributed by atoms with Crippen LogP contribution in [0.25, 0.3) is 0 Å². The molecule has 1 amide bonds. The van der Waals surface area contributed by atoms with Gasteiger partial charge in [-0.3, -0.25) is 4.79 Å². The van der Waals surface area contributed by atoms with Crippen molar-refractivity contribution in [1.82, 2.24) is 5.43 Å². The monoisotopic (exact) mass is 350 g/mol. The predicted molar refractivity (Wildman–Crippen MR) is 93.6 cm³/mol. The molecule has 0 aliphatic heterocycles. The Morgan fingerprint density at radius 2 is 2.04 bits per heavy atom. The van der Waals surface area contributed by atoms with Gasteiger partial charge >= 0.3 is 0 Å². The number of hydrazone groups is 1. The minimum atomic E-state index is -0.361. The fourth-order valence-electron chi connectivity index (χ4n) is 1.83. The Labute approximate surface area is 145 Å². The smallest absolute Gasteiger partial charge is 0.277 e. The summed E-state index contributed by atoms with van der Waals surface area (Å²) in [4.78, 5) is 11.7. The van der Waals surface area contributed by atoms with E-state index in [-0.39, 0.29) is 12.5 Å². The molecule has 0 aliphatic carbocycles. The van der Waals surface area contributed by atoms with Crippen molar-refractivity contribution in [3.63, 3.8) is 0 Å². The summed E-state index contributed by atoms with van der Waals surface area (Å²) >= 11 is 11.9. The standard InChI is InChI=1S/C17H16Cl2N2O2/c1-11-6-7-12(2)15(8-11)23-10-16(22)21-20-9-13-4-3-5-14(18)17(13)19/h3-9H,10H2,1-2H3,(H,21,22). The highest BCUT2D eigenvalue weighted by Crippen LogP contribution is 2.24. The van der Waals surface area contributed by atoms with E-state index in [2.05, 4.69) is 10.5 Å². The van der Waals surface area contributed by atoms with Crippen LogP contribution in [-0.2, 0) is 4.79 Å². The number of carbonyl (C=O) groups is 1. The number of rotatable bonds is 5. The Balaban J connectivity index is 1.89. The van der Waals surface area contributed by atoms with E-state index in [4.69, 9.17) is 27.9 Å². The summed E-state index contributed by atoms with van der Waals surface area (Å²) in [7, 11) is 0. The number of amides is 1. The average molecular weight is 351 g/mol. The third-order valence-electron chi connectivity index (χ3n) is 3.08. The molecule has 23 heavy (non-hydrogen) atoms. The van der Waals surface area contributed by atoms with Gasteiger partial charge in [0.05, 0.1) is 16.3 Å². The molecule has 0 saturated carbocycles. The third kappa shape index (κ3) is 4.98. The molecule has 0 saturated heterocycles. The zero-order valence-corrected chi connectivity index (χ0v) is 14.3. The van der Waals surface area contributed by atoms with Crippen LogP contribution in [0.3, 0.4) is 0 Å². The number of carbonyl (C=O) groups excluding carboxylic acids is 1. The number of nitrogens with one attached hydrogen (secondary N) is 1. The van der Waals surface area contributed by atoms with Crippen LogP contribution >= 0.6 is 23.2 Å². The first-order valence-electron chi connectivity index (χ1n) is 6.93. The first kappa shape index (κ1) is 17.3. The molecule has 0 heterocycles. The second-order valence-corrected chi connectivity index (χ2v) is 5.78. The average Bonchev–Trinajstić information content (AvgIpc) is 2.52. The summed E-state index contributed by atoms with van der Waals surface area (Å²) in [5.74, 6) is 0.322. The lowest BCUT2D eigenvalue weighted by Gasteiger charge is -2.08. The van der Waals surface area contributed by atoms with E-state index in [1.54, 1.807) is 18.2 Å². The molecule has 2 aromatic carbocycles. The van der Waals surface area contributed by atoms with Crippen LogP contribution in [0.4, 0.5) is 0 Å². The maximum absolute atomic E-state index is 11.7. The fourth-order valence-corrected chi connectivity index (χ4v) is 2.19. The second-order valence-electron chi connectivity index (χ2n) is 4.99. The van der Waals surface area contributed by atoms with Crippen molar-refractivity contribution in [2.45, 2.75) is 13.8 Å². The molecule has 2 rings (SSSR count). The Hall–Kier alpha value is -2.04. The molecule has 0 spiro atoms. The van der Waals surface area contributed by atoms with E-state index in [1.807, 2.05) is 32.0 Å². The summed E-state index contributed by atoms with van der Waals surface area (Å²) in [6, 6.07) is 11.0. The van der Waals surface area contributed by atoms with E-state index in [1.165, 1.54) is 6.21 Å². The van der Waals surface area contributed by atoms with Crippen molar-refractivity contribution in [2.75, 3.05) is 6.61 Å². The van der Waals surface area contributed by atoms with Crippen molar-refractivity contribution in [1.29, 1.82) is 0 Å². The second kappa shape index (κ2) is 7.99. The normalized spacial score (nSPS) is 10.8. The van der Waals surface area contributed by atoms with Gasteiger partial charge in [0.1, 0.15) is 5.75 Å². The molecule has 0 unspecified atom stereocenters. The van der Waals surface area contributed by atoms with E-state index in [9.17, 15) is 4.79 Å². The highest BCUT2D eigenvalue weighted by Gasteiger charge is 2.05. The zero-order chi connectivity index (χ0) is 16.8. The largest absolute Gasteiger partial charge is 0.483 e. The SMILES string of the molecule is Cc1ccc(C)c(OCC(=O)NN=Cc2cccc(Cl)c2Cl)c1. The summed E-state index contributed by atoms with van der Waals surface area (Å²) in [6.07, 6.45) is 1.43. The molecule has 0 fully saturated rings. The Morgan fingerprint density at radius 3 is 2.83 bits per heavy atom. The summed E-state index contributed by atoms with van der Waals surface area (Å²) in [5.41, 5.74) is 5.05. The lowest BCUT2D eigenvalue weighted by atomic mass is 10.1. The number of hydrogen-bond acceptors (Lipinski definition) is 3. The van der Waals surface area contributed by atoms with Crippen molar-refractivity contribution in [3.8, 4) is 5.75 Å². The van der Waals surface area contributed by atoms with Crippen molar-refractivity contribution < 1.29 is 9.53 Å². The van der Waals surface area contributed by atoms with Crippen LogP contribution in [0.2, 0.25) is 10.0 Å². The van der Waals surface area contributed by atoms with Gasteiger partial charge < -0.3 is 4.74 Å². The quantitative estimate of drug-likeness (QED) is 0.650. The molecule has 0 aromatic heterocycles. The van der Waals surface area contributed by atoms with Gasteiger partial charge in [-0.05, 0) is 37.1 Å². The molecule has 6 heteroatoms. The molecule has 0 radical (unpaired) electrons. The van der Waals surface area contributed by atoms with Gasteiger partial charge in [-0.15, -0.1) is 0 Å². The third-order valence-corrected chi connectivity index (χ3v) is 3.91. The molecule has 0 atom stereocenters. The maximum Gasteiger partial charge on any atom is 0.277 e. The first-order chi connectivity index (χ1) is 11.0. The zero-order valence-electron chi connectivity index (χ0n) is 12.8. The maximum atomic E-state index is 11.7. The summed E-state index contributed by atoms with van der Waals surface area (Å²) in [5, 5.41) is 4.67. The van der Waals surface area contributed by atoms with Gasteiger partial charge in [0.15, 0.2) is 6.61 Å². The lowest BCUT2D eigenvalue weighted by Crippen LogP contribution is -2.24. The molecular formula is C17H16Cl2N2O2. The minimum absolute atomic E-state index is 0.120. The summed E-state index contributed by atoms with van der Waals surface area (Å²) in [6.45, 7) is 3.77.